The van der Waals surface area contributed by atoms with Crippen molar-refractivity contribution in [2.24, 2.45) is 17.3 Å². The Morgan fingerprint density at radius 1 is 0.744 bits per heavy atom. The molecular formula is C32H47NO6. The van der Waals surface area contributed by atoms with Crippen molar-refractivity contribution in [3.8, 4) is 0 Å². The maximum Gasteiger partial charge on any atom is 0.311 e. The Morgan fingerprint density at radius 2 is 1.15 bits per heavy atom. The van der Waals surface area contributed by atoms with Gasteiger partial charge in [-0.3, -0.25) is 14.4 Å². The second-order valence-electron chi connectivity index (χ2n) is 11.4. The van der Waals surface area contributed by atoms with Crippen LogP contribution in [0, 0.1) is 17.3 Å². The Kier molecular flexibility index (Phi) is 13.7. The van der Waals surface area contributed by atoms with E-state index in [9.17, 15) is 14.4 Å². The topological polar surface area (TPSA) is 82.1 Å². The summed E-state index contributed by atoms with van der Waals surface area (Å²) in [6, 6.07) is 4.28. The van der Waals surface area contributed by atoms with Crippen molar-refractivity contribution >= 4 is 41.8 Å². The highest BCUT2D eigenvalue weighted by molar-refractivity contribution is 5.81. The second kappa shape index (κ2) is 15.9. The van der Waals surface area contributed by atoms with Crippen molar-refractivity contribution in [1.82, 2.24) is 0 Å². The predicted molar refractivity (Wildman–Crippen MR) is 159 cm³/mol. The highest BCUT2D eigenvalue weighted by Gasteiger charge is 2.22. The molecule has 0 amide bonds. The van der Waals surface area contributed by atoms with Gasteiger partial charge in [-0.25, -0.2) is 0 Å². The molecule has 0 N–H and O–H groups in total. The standard InChI is InChI=1S/C32H47NO6/c1-22(2)29(34)37-17-12-15-26-20-25(14-11-19-39-31(36)32(7,8)9)21-27(28(26)33(10)24(5)6)16-13-18-38-30(35)23(3)4/h11-16,20-24H,17-19H2,1-10H3/b14-11+,15-12+,16-13+. The minimum absolute atomic E-state index is 0.163. The first-order chi connectivity index (χ1) is 18.1. The minimum Gasteiger partial charge on any atom is -0.461 e. The van der Waals surface area contributed by atoms with E-state index >= 15 is 0 Å². The summed E-state index contributed by atoms with van der Waals surface area (Å²) < 4.78 is 16.0. The van der Waals surface area contributed by atoms with E-state index in [0.29, 0.717) is 0 Å². The third-order valence-corrected chi connectivity index (χ3v) is 5.73. The minimum atomic E-state index is -0.565. The number of carbonyl (C=O) groups is 3. The molecule has 0 bridgehead atoms. The maximum absolute atomic E-state index is 12.1. The Hall–Kier alpha value is -3.35. The average Bonchev–Trinajstić information content (AvgIpc) is 2.85. The van der Waals surface area contributed by atoms with Crippen molar-refractivity contribution in [2.75, 3.05) is 31.8 Å². The molecule has 0 aromatic heterocycles. The van der Waals surface area contributed by atoms with Gasteiger partial charge in [0.2, 0.25) is 0 Å². The summed E-state index contributed by atoms with van der Waals surface area (Å²) in [5.41, 5.74) is 3.18. The number of hydrogen-bond donors (Lipinski definition) is 0. The molecule has 0 aliphatic heterocycles. The van der Waals surface area contributed by atoms with Crippen LogP contribution in [0.3, 0.4) is 0 Å². The van der Waals surface area contributed by atoms with Crippen LogP contribution in [0.4, 0.5) is 5.69 Å². The van der Waals surface area contributed by atoms with Crippen LogP contribution in [0.25, 0.3) is 18.2 Å². The smallest absolute Gasteiger partial charge is 0.311 e. The fraction of sp³-hybridized carbons (Fsp3) is 0.531. The van der Waals surface area contributed by atoms with Gasteiger partial charge in [-0.15, -0.1) is 0 Å². The largest absolute Gasteiger partial charge is 0.461 e. The number of esters is 3. The number of rotatable bonds is 13. The van der Waals surface area contributed by atoms with Crippen LogP contribution in [0.5, 0.6) is 0 Å². The van der Waals surface area contributed by atoms with Gasteiger partial charge in [0.05, 0.1) is 22.9 Å². The first-order valence-electron chi connectivity index (χ1n) is 13.6. The predicted octanol–water partition coefficient (Wildman–Crippen LogP) is 6.56. The van der Waals surface area contributed by atoms with Gasteiger partial charge >= 0.3 is 17.9 Å². The van der Waals surface area contributed by atoms with Crippen molar-refractivity contribution in [1.29, 1.82) is 0 Å². The van der Waals surface area contributed by atoms with Crippen LogP contribution >= 0.6 is 0 Å². The molecule has 1 aromatic carbocycles. The van der Waals surface area contributed by atoms with Crippen molar-refractivity contribution in [3.63, 3.8) is 0 Å². The van der Waals surface area contributed by atoms with E-state index in [1.165, 1.54) is 0 Å². The second-order valence-corrected chi connectivity index (χ2v) is 11.4. The summed E-state index contributed by atoms with van der Waals surface area (Å²) in [7, 11) is 2.02. The highest BCUT2D eigenvalue weighted by Crippen LogP contribution is 2.31. The lowest BCUT2D eigenvalue weighted by molar-refractivity contribution is -0.151. The van der Waals surface area contributed by atoms with Gasteiger partial charge < -0.3 is 19.1 Å². The molecular weight excluding hydrogens is 494 g/mol. The maximum atomic E-state index is 12.1. The van der Waals surface area contributed by atoms with Crippen LogP contribution < -0.4 is 4.90 Å². The molecule has 0 fully saturated rings. The van der Waals surface area contributed by atoms with E-state index in [4.69, 9.17) is 14.2 Å². The zero-order valence-corrected chi connectivity index (χ0v) is 25.4. The first kappa shape index (κ1) is 33.7. The molecule has 0 saturated heterocycles. The van der Waals surface area contributed by atoms with Crippen molar-refractivity contribution < 1.29 is 28.6 Å². The summed E-state index contributed by atoms with van der Waals surface area (Å²) in [6.07, 6.45) is 11.2. The van der Waals surface area contributed by atoms with Crippen LogP contribution in [0.15, 0.2) is 30.4 Å². The number of ether oxygens (including phenoxy) is 3. The zero-order chi connectivity index (χ0) is 29.8. The van der Waals surface area contributed by atoms with E-state index < -0.39 is 5.41 Å². The van der Waals surface area contributed by atoms with E-state index in [1.54, 1.807) is 33.8 Å². The van der Waals surface area contributed by atoms with Crippen LogP contribution in [-0.2, 0) is 28.6 Å². The molecule has 0 atom stereocenters. The monoisotopic (exact) mass is 541 g/mol. The van der Waals surface area contributed by atoms with Crippen molar-refractivity contribution in [3.05, 3.63) is 47.1 Å². The zero-order valence-electron chi connectivity index (χ0n) is 25.4. The Labute approximate surface area is 234 Å². The van der Waals surface area contributed by atoms with E-state index in [2.05, 4.69) is 18.7 Å². The molecule has 1 aromatic rings. The van der Waals surface area contributed by atoms with Crippen LogP contribution in [0.2, 0.25) is 0 Å². The molecule has 0 heterocycles. The van der Waals surface area contributed by atoms with E-state index in [-0.39, 0.29) is 55.6 Å². The third kappa shape index (κ3) is 11.9. The molecule has 7 heteroatoms. The molecule has 39 heavy (non-hydrogen) atoms. The molecule has 0 unspecified atom stereocenters. The molecule has 0 radical (unpaired) electrons. The number of nitrogens with zero attached hydrogens (tertiary/aromatic N) is 1. The molecule has 216 valence electrons. The van der Waals surface area contributed by atoms with Gasteiger partial charge in [-0.1, -0.05) is 45.9 Å². The number of benzene rings is 1. The molecule has 0 aliphatic rings. The van der Waals surface area contributed by atoms with Crippen LogP contribution in [-0.4, -0.2) is 50.8 Å². The summed E-state index contributed by atoms with van der Waals surface area (Å²) >= 11 is 0. The average molecular weight is 542 g/mol. The lowest BCUT2D eigenvalue weighted by Gasteiger charge is -2.28. The van der Waals surface area contributed by atoms with Gasteiger partial charge in [0.1, 0.15) is 19.8 Å². The fourth-order valence-electron chi connectivity index (χ4n) is 3.19. The molecule has 7 nitrogen and oxygen atoms in total. The van der Waals surface area contributed by atoms with Gasteiger partial charge in [0.25, 0.3) is 0 Å². The van der Waals surface area contributed by atoms with E-state index in [0.717, 1.165) is 22.4 Å². The van der Waals surface area contributed by atoms with E-state index in [1.807, 2.05) is 70.3 Å². The summed E-state index contributed by atoms with van der Waals surface area (Å²) in [6.45, 7) is 17.4. The normalized spacial score (nSPS) is 12.3. The molecule has 0 saturated carbocycles. The lowest BCUT2D eigenvalue weighted by Crippen LogP contribution is -2.27. The quantitative estimate of drug-likeness (QED) is 0.207. The third-order valence-electron chi connectivity index (χ3n) is 5.73. The fourth-order valence-corrected chi connectivity index (χ4v) is 3.19. The van der Waals surface area contributed by atoms with Gasteiger partial charge in [-0.2, -0.15) is 0 Å². The number of hydrogen-bond acceptors (Lipinski definition) is 7. The van der Waals surface area contributed by atoms with Gasteiger partial charge in [0, 0.05) is 13.1 Å². The summed E-state index contributed by atoms with van der Waals surface area (Å²) in [5, 5.41) is 0. The lowest BCUT2D eigenvalue weighted by atomic mass is 9.97. The highest BCUT2D eigenvalue weighted by atomic mass is 16.5. The molecule has 0 aliphatic carbocycles. The van der Waals surface area contributed by atoms with Crippen molar-refractivity contribution in [2.45, 2.75) is 68.4 Å². The van der Waals surface area contributed by atoms with Gasteiger partial charge in [-0.05, 0) is 81.7 Å². The molecule has 1 rings (SSSR count). The number of anilines is 1. The SMILES string of the molecule is CC(C)C(=O)OC/C=C/c1cc(/C=C/COC(=O)C(C)(C)C)cc(/C=C/COC(=O)C(C)C)c1N(C)C(C)C. The van der Waals surface area contributed by atoms with Crippen LogP contribution in [0.1, 0.15) is 79.0 Å². The Balaban J connectivity index is 3.40. The summed E-state index contributed by atoms with van der Waals surface area (Å²) in [5.74, 6) is -1.15. The first-order valence-corrected chi connectivity index (χ1v) is 13.6. The summed E-state index contributed by atoms with van der Waals surface area (Å²) in [4.78, 5) is 38.0. The Bertz CT molecular complexity index is 1000. The Morgan fingerprint density at radius 3 is 1.54 bits per heavy atom. The van der Waals surface area contributed by atoms with Gasteiger partial charge in [0.15, 0.2) is 0 Å². The number of carbonyl (C=O) groups excluding carboxylic acids is 3. The molecule has 0 spiro atoms.